The molecule has 1 fully saturated rings. The quantitative estimate of drug-likeness (QED) is 0.607. The third kappa shape index (κ3) is 4.24. The summed E-state index contributed by atoms with van der Waals surface area (Å²) in [7, 11) is 0. The second-order valence-electron chi connectivity index (χ2n) is 8.14. The lowest BCUT2D eigenvalue weighted by molar-refractivity contribution is -0.116. The van der Waals surface area contributed by atoms with E-state index in [1.807, 2.05) is 30.3 Å². The Morgan fingerprint density at radius 1 is 1.07 bits per heavy atom. The zero-order valence-corrected chi connectivity index (χ0v) is 16.7. The van der Waals surface area contributed by atoms with Gasteiger partial charge >= 0.3 is 0 Å². The Bertz CT molecular complexity index is 966. The Morgan fingerprint density at radius 3 is 2.54 bits per heavy atom. The van der Waals surface area contributed by atoms with E-state index >= 15 is 0 Å². The van der Waals surface area contributed by atoms with E-state index in [1.165, 1.54) is 12.8 Å². The van der Waals surface area contributed by atoms with Crippen molar-refractivity contribution in [1.29, 1.82) is 0 Å². The maximum Gasteiger partial charge on any atom is 0.224 e. The monoisotopic (exact) mass is 376 g/mol. The molecule has 1 heterocycles. The summed E-state index contributed by atoms with van der Waals surface area (Å²) in [6.07, 6.45) is 5.51. The van der Waals surface area contributed by atoms with Gasteiger partial charge in [0.25, 0.3) is 0 Å². The summed E-state index contributed by atoms with van der Waals surface area (Å²) in [4.78, 5) is 12.6. The van der Waals surface area contributed by atoms with Crippen LogP contribution in [0.2, 0.25) is 0 Å². The molecule has 3 aromatic rings. The molecule has 0 aliphatic heterocycles. The van der Waals surface area contributed by atoms with Gasteiger partial charge in [0.05, 0.1) is 0 Å². The van der Waals surface area contributed by atoms with Gasteiger partial charge in [-0.15, -0.1) is 10.2 Å². The molecule has 2 aromatic carbocycles. The number of carbonyl (C=O) groups excluding carboxylic acids is 1. The SMILES string of the molecule is CC(C)CCc1nnc(CCC(=O)Nc2cccc3ccccc23)n1C1CC1. The minimum absolute atomic E-state index is 0.0189. The molecule has 0 spiro atoms. The second-order valence-corrected chi connectivity index (χ2v) is 8.14. The second kappa shape index (κ2) is 8.13. The molecule has 0 saturated heterocycles. The molecule has 0 bridgehead atoms. The molecule has 0 atom stereocenters. The zero-order valence-electron chi connectivity index (χ0n) is 16.7. The largest absolute Gasteiger partial charge is 0.326 e. The van der Waals surface area contributed by atoms with Gasteiger partial charge in [-0.3, -0.25) is 4.79 Å². The number of carbonyl (C=O) groups is 1. The maximum atomic E-state index is 12.6. The normalized spacial score (nSPS) is 14.0. The summed E-state index contributed by atoms with van der Waals surface area (Å²) in [5, 5.41) is 14.1. The van der Waals surface area contributed by atoms with Crippen molar-refractivity contribution in [2.45, 2.75) is 58.4 Å². The molecule has 1 aromatic heterocycles. The predicted octanol–water partition coefficient (Wildman–Crippen LogP) is 4.93. The van der Waals surface area contributed by atoms with Crippen LogP contribution in [0.1, 0.15) is 57.2 Å². The third-order valence-electron chi connectivity index (χ3n) is 5.33. The summed E-state index contributed by atoms with van der Waals surface area (Å²) >= 11 is 0. The molecule has 28 heavy (non-hydrogen) atoms. The van der Waals surface area contributed by atoms with Crippen molar-refractivity contribution >= 4 is 22.4 Å². The van der Waals surface area contributed by atoms with Gasteiger partial charge in [0.15, 0.2) is 0 Å². The maximum absolute atomic E-state index is 12.6. The van der Waals surface area contributed by atoms with Crippen molar-refractivity contribution in [2.75, 3.05) is 5.32 Å². The van der Waals surface area contributed by atoms with Crippen LogP contribution in [0.15, 0.2) is 42.5 Å². The molecular formula is C23H28N4O. The van der Waals surface area contributed by atoms with Crippen LogP contribution >= 0.6 is 0 Å². The number of aromatic nitrogens is 3. The minimum Gasteiger partial charge on any atom is -0.326 e. The van der Waals surface area contributed by atoms with E-state index in [2.05, 4.69) is 46.1 Å². The molecule has 1 N–H and O–H groups in total. The van der Waals surface area contributed by atoms with Gasteiger partial charge in [0, 0.05) is 36.4 Å². The van der Waals surface area contributed by atoms with Crippen molar-refractivity contribution in [2.24, 2.45) is 5.92 Å². The van der Waals surface area contributed by atoms with Crippen molar-refractivity contribution in [3.05, 3.63) is 54.1 Å². The highest BCUT2D eigenvalue weighted by Crippen LogP contribution is 2.37. The fourth-order valence-electron chi connectivity index (χ4n) is 3.65. The van der Waals surface area contributed by atoms with Crippen molar-refractivity contribution in [3.8, 4) is 0 Å². The first kappa shape index (κ1) is 18.7. The number of hydrogen-bond acceptors (Lipinski definition) is 3. The highest BCUT2D eigenvalue weighted by molar-refractivity contribution is 6.02. The van der Waals surface area contributed by atoms with E-state index in [4.69, 9.17) is 0 Å². The summed E-state index contributed by atoms with van der Waals surface area (Å²) in [6.45, 7) is 4.47. The predicted molar refractivity (Wildman–Crippen MR) is 112 cm³/mol. The van der Waals surface area contributed by atoms with Crippen LogP contribution < -0.4 is 5.32 Å². The van der Waals surface area contributed by atoms with E-state index in [-0.39, 0.29) is 5.91 Å². The van der Waals surface area contributed by atoms with Gasteiger partial charge in [0.1, 0.15) is 11.6 Å². The molecule has 4 rings (SSSR count). The molecule has 5 heteroatoms. The average molecular weight is 377 g/mol. The van der Waals surface area contributed by atoms with Gasteiger partial charge in [0.2, 0.25) is 5.91 Å². The number of amides is 1. The Kier molecular flexibility index (Phi) is 5.42. The van der Waals surface area contributed by atoms with Crippen LogP contribution in [0, 0.1) is 5.92 Å². The lowest BCUT2D eigenvalue weighted by Gasteiger charge is -2.11. The standard InChI is InChI=1S/C23H28N4O/c1-16(2)10-13-21-25-26-22(27(21)18-11-12-18)14-15-23(28)24-20-9-5-7-17-6-3-4-8-19(17)20/h3-9,16,18H,10-15H2,1-2H3,(H,24,28). The summed E-state index contributed by atoms with van der Waals surface area (Å²) in [5.74, 6) is 2.71. The van der Waals surface area contributed by atoms with Crippen molar-refractivity contribution in [3.63, 3.8) is 0 Å². The smallest absolute Gasteiger partial charge is 0.224 e. The minimum atomic E-state index is 0.0189. The van der Waals surface area contributed by atoms with Crippen LogP contribution in [-0.2, 0) is 17.6 Å². The van der Waals surface area contributed by atoms with Gasteiger partial charge in [-0.05, 0) is 36.6 Å². The topological polar surface area (TPSA) is 59.8 Å². The van der Waals surface area contributed by atoms with E-state index in [9.17, 15) is 4.79 Å². The van der Waals surface area contributed by atoms with Crippen molar-refractivity contribution < 1.29 is 4.79 Å². The third-order valence-corrected chi connectivity index (χ3v) is 5.33. The Labute approximate surface area is 166 Å². The van der Waals surface area contributed by atoms with Gasteiger partial charge in [-0.1, -0.05) is 50.2 Å². The van der Waals surface area contributed by atoms with Crippen molar-refractivity contribution in [1.82, 2.24) is 14.8 Å². The van der Waals surface area contributed by atoms with E-state index < -0.39 is 0 Å². The Hall–Kier alpha value is -2.69. The Balaban J connectivity index is 1.42. The van der Waals surface area contributed by atoms with Crippen LogP contribution in [0.25, 0.3) is 10.8 Å². The zero-order chi connectivity index (χ0) is 19.5. The van der Waals surface area contributed by atoms with Crippen LogP contribution in [-0.4, -0.2) is 20.7 Å². The van der Waals surface area contributed by atoms with Crippen LogP contribution in [0.4, 0.5) is 5.69 Å². The van der Waals surface area contributed by atoms with Crippen LogP contribution in [0.5, 0.6) is 0 Å². The van der Waals surface area contributed by atoms with E-state index in [0.717, 1.165) is 41.0 Å². The van der Waals surface area contributed by atoms with E-state index in [1.54, 1.807) is 0 Å². The number of nitrogens with one attached hydrogen (secondary N) is 1. The summed E-state index contributed by atoms with van der Waals surface area (Å²) in [6, 6.07) is 14.6. The fourth-order valence-corrected chi connectivity index (χ4v) is 3.65. The summed E-state index contributed by atoms with van der Waals surface area (Å²) in [5.41, 5.74) is 0.865. The lowest BCUT2D eigenvalue weighted by Crippen LogP contribution is -2.15. The number of rotatable bonds is 8. The molecule has 146 valence electrons. The van der Waals surface area contributed by atoms with Crippen LogP contribution in [0.3, 0.4) is 0 Å². The molecule has 5 nitrogen and oxygen atoms in total. The fraction of sp³-hybridized carbons (Fsp3) is 0.435. The lowest BCUT2D eigenvalue weighted by atomic mass is 10.1. The van der Waals surface area contributed by atoms with E-state index in [0.29, 0.717) is 24.8 Å². The Morgan fingerprint density at radius 2 is 1.79 bits per heavy atom. The molecule has 1 aliphatic carbocycles. The number of hydrogen-bond donors (Lipinski definition) is 1. The first-order valence-electron chi connectivity index (χ1n) is 10.3. The molecule has 1 amide bonds. The highest BCUT2D eigenvalue weighted by atomic mass is 16.1. The number of anilines is 1. The first-order chi connectivity index (χ1) is 13.6. The number of aryl methyl sites for hydroxylation is 2. The molecule has 1 aliphatic rings. The highest BCUT2D eigenvalue weighted by Gasteiger charge is 2.29. The number of nitrogens with zero attached hydrogens (tertiary/aromatic N) is 3. The van der Waals surface area contributed by atoms with Gasteiger partial charge < -0.3 is 9.88 Å². The first-order valence-corrected chi connectivity index (χ1v) is 10.3. The molecule has 0 unspecified atom stereocenters. The molecule has 1 saturated carbocycles. The van der Waals surface area contributed by atoms with Gasteiger partial charge in [-0.25, -0.2) is 0 Å². The number of fused-ring (bicyclic) bond motifs is 1. The van der Waals surface area contributed by atoms with Gasteiger partial charge in [-0.2, -0.15) is 0 Å². The average Bonchev–Trinajstić information content (AvgIpc) is 3.45. The molecule has 0 radical (unpaired) electrons. The molecular weight excluding hydrogens is 348 g/mol. The summed E-state index contributed by atoms with van der Waals surface area (Å²) < 4.78 is 2.30. The number of benzene rings is 2.